The fourth-order valence-electron chi connectivity index (χ4n) is 2.99. The molecule has 1 aliphatic carbocycles. The number of hydrogen-bond donors (Lipinski definition) is 1. The maximum absolute atomic E-state index is 12.3. The molecule has 1 saturated carbocycles. The summed E-state index contributed by atoms with van der Waals surface area (Å²) >= 11 is 0. The Morgan fingerprint density at radius 1 is 1.36 bits per heavy atom. The molecular formula is C16H22N2O4. The Morgan fingerprint density at radius 3 is 2.73 bits per heavy atom. The van der Waals surface area contributed by atoms with Gasteiger partial charge in [-0.2, -0.15) is 0 Å². The molecule has 0 aliphatic heterocycles. The number of para-hydroxylation sites is 1. The zero-order valence-corrected chi connectivity index (χ0v) is 12.8. The van der Waals surface area contributed by atoms with E-state index in [0.717, 1.165) is 25.7 Å². The Balaban J connectivity index is 1.98. The normalized spacial score (nSPS) is 21.4. The molecule has 1 amide bonds. The maximum atomic E-state index is 12.3. The second-order valence-corrected chi connectivity index (χ2v) is 5.95. The number of aliphatic hydroxyl groups is 1. The highest BCUT2D eigenvalue weighted by Crippen LogP contribution is 2.25. The lowest BCUT2D eigenvalue weighted by atomic mass is 9.86. The summed E-state index contributed by atoms with van der Waals surface area (Å²) in [5.41, 5.74) is 0.399. The number of nitro groups is 1. The molecule has 6 heteroatoms. The summed E-state index contributed by atoms with van der Waals surface area (Å²) in [5.74, 6) is -0.0551. The number of carbonyl (C=O) groups is 1. The smallest absolute Gasteiger partial charge is 0.273 e. The van der Waals surface area contributed by atoms with Gasteiger partial charge in [-0.25, -0.2) is 0 Å². The first kappa shape index (κ1) is 16.4. The lowest BCUT2D eigenvalue weighted by molar-refractivity contribution is -0.385. The number of aliphatic hydroxyl groups excluding tert-OH is 1. The van der Waals surface area contributed by atoms with Gasteiger partial charge < -0.3 is 10.0 Å². The molecule has 1 fully saturated rings. The van der Waals surface area contributed by atoms with Crippen molar-refractivity contribution in [2.24, 2.45) is 5.92 Å². The third kappa shape index (κ3) is 4.04. The molecule has 6 nitrogen and oxygen atoms in total. The summed E-state index contributed by atoms with van der Waals surface area (Å²) < 4.78 is 0. The van der Waals surface area contributed by atoms with E-state index in [1.807, 2.05) is 0 Å². The second kappa shape index (κ2) is 7.35. The quantitative estimate of drug-likeness (QED) is 0.667. The molecule has 0 heterocycles. The molecule has 2 rings (SSSR count). The third-order valence-electron chi connectivity index (χ3n) is 4.33. The van der Waals surface area contributed by atoms with Crippen LogP contribution in [0.25, 0.3) is 0 Å². The largest absolute Gasteiger partial charge is 0.393 e. The number of rotatable bonds is 5. The zero-order valence-electron chi connectivity index (χ0n) is 12.8. The maximum Gasteiger partial charge on any atom is 0.273 e. The van der Waals surface area contributed by atoms with Crippen LogP contribution in [0.3, 0.4) is 0 Å². The van der Waals surface area contributed by atoms with Crippen molar-refractivity contribution < 1.29 is 14.8 Å². The summed E-state index contributed by atoms with van der Waals surface area (Å²) in [6.07, 6.45) is 3.48. The lowest BCUT2D eigenvalue weighted by Gasteiger charge is -2.31. The van der Waals surface area contributed by atoms with Crippen molar-refractivity contribution >= 4 is 11.6 Å². The molecule has 2 atom stereocenters. The summed E-state index contributed by atoms with van der Waals surface area (Å²) in [6, 6.07) is 6.31. The minimum absolute atomic E-state index is 0.0104. The zero-order chi connectivity index (χ0) is 16.1. The predicted molar refractivity (Wildman–Crippen MR) is 82.4 cm³/mol. The van der Waals surface area contributed by atoms with Gasteiger partial charge in [0, 0.05) is 31.1 Å². The molecular weight excluding hydrogens is 284 g/mol. The van der Waals surface area contributed by atoms with Gasteiger partial charge in [-0.3, -0.25) is 14.9 Å². The average molecular weight is 306 g/mol. The fourth-order valence-corrected chi connectivity index (χ4v) is 2.99. The topological polar surface area (TPSA) is 83.7 Å². The molecule has 1 N–H and O–H groups in total. The number of likely N-dealkylation sites (N-methyl/N-ethyl adjacent to an activating group) is 1. The van der Waals surface area contributed by atoms with Gasteiger partial charge in [0.1, 0.15) is 0 Å². The van der Waals surface area contributed by atoms with Gasteiger partial charge in [0.15, 0.2) is 0 Å². The van der Waals surface area contributed by atoms with Crippen molar-refractivity contribution in [2.75, 3.05) is 13.6 Å². The minimum atomic E-state index is -0.465. The van der Waals surface area contributed by atoms with Crippen LogP contribution in [-0.2, 0) is 11.2 Å². The number of nitro benzene ring substituents is 1. The minimum Gasteiger partial charge on any atom is -0.393 e. The van der Waals surface area contributed by atoms with Gasteiger partial charge in [-0.15, -0.1) is 0 Å². The lowest BCUT2D eigenvalue weighted by Crippen LogP contribution is -2.38. The van der Waals surface area contributed by atoms with E-state index in [0.29, 0.717) is 12.1 Å². The van der Waals surface area contributed by atoms with E-state index in [2.05, 4.69) is 0 Å². The van der Waals surface area contributed by atoms with Crippen LogP contribution in [0.4, 0.5) is 5.69 Å². The van der Waals surface area contributed by atoms with Crippen LogP contribution in [-0.4, -0.2) is 40.5 Å². The van der Waals surface area contributed by atoms with Crippen molar-refractivity contribution in [3.8, 4) is 0 Å². The molecule has 2 unspecified atom stereocenters. The molecule has 22 heavy (non-hydrogen) atoms. The number of benzene rings is 1. The van der Waals surface area contributed by atoms with Gasteiger partial charge in [-0.1, -0.05) is 31.0 Å². The Bertz CT molecular complexity index is 547. The molecule has 1 aromatic rings. The first-order valence-electron chi connectivity index (χ1n) is 7.63. The van der Waals surface area contributed by atoms with Crippen LogP contribution in [0.5, 0.6) is 0 Å². The third-order valence-corrected chi connectivity index (χ3v) is 4.33. The van der Waals surface area contributed by atoms with Crippen LogP contribution in [0.1, 0.15) is 31.2 Å². The molecule has 0 aromatic heterocycles. The number of hydrogen-bond acceptors (Lipinski definition) is 4. The van der Waals surface area contributed by atoms with E-state index in [4.69, 9.17) is 0 Å². The van der Waals surface area contributed by atoms with E-state index in [9.17, 15) is 20.0 Å². The molecule has 0 saturated heterocycles. The summed E-state index contributed by atoms with van der Waals surface area (Å²) in [6.45, 7) is 0.501. The van der Waals surface area contributed by atoms with E-state index in [-0.39, 0.29) is 30.0 Å². The van der Waals surface area contributed by atoms with Crippen LogP contribution >= 0.6 is 0 Å². The van der Waals surface area contributed by atoms with Crippen molar-refractivity contribution in [2.45, 2.75) is 38.2 Å². The Labute approximate surface area is 129 Å². The first-order valence-corrected chi connectivity index (χ1v) is 7.63. The van der Waals surface area contributed by atoms with Crippen LogP contribution in [0.15, 0.2) is 24.3 Å². The van der Waals surface area contributed by atoms with Gasteiger partial charge in [0.25, 0.3) is 5.69 Å². The SMILES string of the molecule is CN(CC1CCCCC1O)C(=O)Cc1ccccc1[N+](=O)[O-]. The highest BCUT2D eigenvalue weighted by Gasteiger charge is 2.26. The van der Waals surface area contributed by atoms with Gasteiger partial charge >= 0.3 is 0 Å². The highest BCUT2D eigenvalue weighted by atomic mass is 16.6. The Kier molecular flexibility index (Phi) is 5.49. The summed E-state index contributed by atoms with van der Waals surface area (Å²) in [5, 5.41) is 21.0. The van der Waals surface area contributed by atoms with Crippen molar-refractivity contribution in [1.29, 1.82) is 0 Å². The standard InChI is InChI=1S/C16H22N2O4/c1-17(11-13-7-3-5-9-15(13)19)16(20)10-12-6-2-4-8-14(12)18(21)22/h2,4,6,8,13,15,19H,3,5,7,9-11H2,1H3. The van der Waals surface area contributed by atoms with Gasteiger partial charge in [0.05, 0.1) is 17.4 Å². The number of amides is 1. The molecule has 120 valence electrons. The molecule has 1 aromatic carbocycles. The first-order chi connectivity index (χ1) is 10.5. The predicted octanol–water partition coefficient (Wildman–Crippen LogP) is 2.15. The monoisotopic (exact) mass is 306 g/mol. The van der Waals surface area contributed by atoms with Crippen molar-refractivity contribution in [3.05, 3.63) is 39.9 Å². The Hall–Kier alpha value is -1.95. The van der Waals surface area contributed by atoms with E-state index in [1.165, 1.54) is 6.07 Å². The van der Waals surface area contributed by atoms with Gasteiger partial charge in [0.2, 0.25) is 5.91 Å². The van der Waals surface area contributed by atoms with E-state index < -0.39 is 4.92 Å². The molecule has 0 radical (unpaired) electrons. The van der Waals surface area contributed by atoms with Crippen molar-refractivity contribution in [1.82, 2.24) is 4.90 Å². The molecule has 0 bridgehead atoms. The van der Waals surface area contributed by atoms with Crippen molar-refractivity contribution in [3.63, 3.8) is 0 Å². The Morgan fingerprint density at radius 2 is 2.05 bits per heavy atom. The van der Waals surface area contributed by atoms with Crippen LogP contribution in [0, 0.1) is 16.0 Å². The van der Waals surface area contributed by atoms with Gasteiger partial charge in [-0.05, 0) is 12.8 Å². The van der Waals surface area contributed by atoms with E-state index >= 15 is 0 Å². The number of nitrogens with zero attached hydrogens (tertiary/aromatic N) is 2. The fraction of sp³-hybridized carbons (Fsp3) is 0.562. The highest BCUT2D eigenvalue weighted by molar-refractivity contribution is 5.79. The second-order valence-electron chi connectivity index (χ2n) is 5.95. The molecule has 0 spiro atoms. The van der Waals surface area contributed by atoms with E-state index in [1.54, 1.807) is 30.1 Å². The molecule has 1 aliphatic rings. The van der Waals surface area contributed by atoms with Crippen LogP contribution < -0.4 is 0 Å². The van der Waals surface area contributed by atoms with Crippen LogP contribution in [0.2, 0.25) is 0 Å². The number of carbonyl (C=O) groups excluding carboxylic acids is 1. The summed E-state index contributed by atoms with van der Waals surface area (Å²) in [7, 11) is 1.69. The summed E-state index contributed by atoms with van der Waals surface area (Å²) in [4.78, 5) is 24.4. The average Bonchev–Trinajstić information content (AvgIpc) is 2.49.